The van der Waals surface area contributed by atoms with Crippen LogP contribution in [0.15, 0.2) is 34.8 Å². The summed E-state index contributed by atoms with van der Waals surface area (Å²) in [6.45, 7) is 3.29. The fourth-order valence-corrected chi connectivity index (χ4v) is 1.62. The van der Waals surface area contributed by atoms with Crippen LogP contribution in [-0.4, -0.2) is 17.7 Å². The molecule has 0 aromatic heterocycles. The van der Waals surface area contributed by atoms with E-state index in [1.807, 2.05) is 0 Å². The van der Waals surface area contributed by atoms with E-state index in [2.05, 4.69) is 22.5 Å². The molecule has 0 aliphatic rings. The van der Waals surface area contributed by atoms with E-state index >= 15 is 0 Å². The third kappa shape index (κ3) is 3.57. The third-order valence-electron chi connectivity index (χ3n) is 1.60. The van der Waals surface area contributed by atoms with Crippen molar-refractivity contribution < 1.29 is 14.6 Å². The van der Waals surface area contributed by atoms with E-state index in [-0.39, 0.29) is 12.2 Å². The lowest BCUT2D eigenvalue weighted by atomic mass is 10.3. The van der Waals surface area contributed by atoms with Crippen LogP contribution in [0, 0.1) is 0 Å². The number of benzene rings is 1. The lowest BCUT2D eigenvalue weighted by Crippen LogP contribution is -2.09. The maximum Gasteiger partial charge on any atom is 0.334 e. The molecular weight excluding hydrogens is 283 g/mol. The molecule has 0 amide bonds. The van der Waals surface area contributed by atoms with E-state index in [9.17, 15) is 4.79 Å². The summed E-state index contributed by atoms with van der Waals surface area (Å²) in [4.78, 5) is 10.4. The molecule has 1 rings (SSSR count). The maximum atomic E-state index is 10.4. The minimum atomic E-state index is -1.07. The van der Waals surface area contributed by atoms with Crippen molar-refractivity contribution in [3.63, 3.8) is 0 Å². The first kappa shape index (κ1) is 12.1. The van der Waals surface area contributed by atoms with Crippen LogP contribution in [0.25, 0.3) is 0 Å². The summed E-state index contributed by atoms with van der Waals surface area (Å²) in [6, 6.07) is 4.98. The molecule has 0 bridgehead atoms. The zero-order valence-corrected chi connectivity index (χ0v) is 10.0. The quantitative estimate of drug-likeness (QED) is 0.867. The first-order chi connectivity index (χ1) is 7.00. The van der Waals surface area contributed by atoms with E-state index in [0.717, 1.165) is 0 Å². The molecular formula is C10H8BrClO3. The predicted octanol–water partition coefficient (Wildman–Crippen LogP) is 3.12. The van der Waals surface area contributed by atoms with Crippen LogP contribution in [0.4, 0.5) is 0 Å². The first-order valence-corrected chi connectivity index (χ1v) is 5.16. The normalized spacial score (nSPS) is 9.73. The Hall–Kier alpha value is -1.00. The molecule has 80 valence electrons. The van der Waals surface area contributed by atoms with Crippen LogP contribution in [0.5, 0.6) is 5.75 Å². The summed E-state index contributed by atoms with van der Waals surface area (Å²) in [6.07, 6.45) is 0. The van der Waals surface area contributed by atoms with Crippen LogP contribution in [-0.2, 0) is 4.79 Å². The molecule has 5 heteroatoms. The first-order valence-electron chi connectivity index (χ1n) is 3.99. The second-order valence-electron chi connectivity index (χ2n) is 2.77. The highest BCUT2D eigenvalue weighted by atomic mass is 79.9. The molecule has 0 saturated carbocycles. The highest BCUT2D eigenvalue weighted by Gasteiger charge is 2.06. The summed E-state index contributed by atoms with van der Waals surface area (Å²) < 4.78 is 5.90. The summed E-state index contributed by atoms with van der Waals surface area (Å²) >= 11 is 8.98. The Labute approximate surface area is 100 Å². The largest absolute Gasteiger partial charge is 0.487 e. The lowest BCUT2D eigenvalue weighted by molar-refractivity contribution is -0.133. The zero-order valence-electron chi connectivity index (χ0n) is 7.67. The van der Waals surface area contributed by atoms with Gasteiger partial charge in [-0.1, -0.05) is 18.2 Å². The molecule has 0 aliphatic carbocycles. The number of rotatable bonds is 4. The Balaban J connectivity index is 2.66. The Morgan fingerprint density at radius 2 is 2.27 bits per heavy atom. The molecule has 0 radical (unpaired) electrons. The van der Waals surface area contributed by atoms with Gasteiger partial charge in [-0.3, -0.25) is 0 Å². The van der Waals surface area contributed by atoms with Crippen molar-refractivity contribution in [1.29, 1.82) is 0 Å². The van der Waals surface area contributed by atoms with Gasteiger partial charge in [0.2, 0.25) is 0 Å². The van der Waals surface area contributed by atoms with Gasteiger partial charge in [-0.15, -0.1) is 0 Å². The Morgan fingerprint density at radius 1 is 1.60 bits per heavy atom. The minimum absolute atomic E-state index is 0.00292. The van der Waals surface area contributed by atoms with Crippen LogP contribution < -0.4 is 4.74 Å². The highest BCUT2D eigenvalue weighted by Crippen LogP contribution is 2.28. The second kappa shape index (κ2) is 5.19. The molecule has 0 aliphatic heterocycles. The van der Waals surface area contributed by atoms with Crippen LogP contribution >= 0.6 is 27.5 Å². The summed E-state index contributed by atoms with van der Waals surface area (Å²) in [5.41, 5.74) is -0.00292. The smallest absolute Gasteiger partial charge is 0.334 e. The molecule has 1 aromatic rings. The molecule has 0 fully saturated rings. The highest BCUT2D eigenvalue weighted by molar-refractivity contribution is 9.10. The van der Waals surface area contributed by atoms with Crippen molar-refractivity contribution in [2.24, 2.45) is 0 Å². The van der Waals surface area contributed by atoms with E-state index < -0.39 is 5.97 Å². The van der Waals surface area contributed by atoms with E-state index in [1.54, 1.807) is 18.2 Å². The maximum absolute atomic E-state index is 10.4. The number of ether oxygens (including phenoxy) is 1. The number of carboxylic acid groups (broad SMARTS) is 1. The van der Waals surface area contributed by atoms with Gasteiger partial charge in [0.15, 0.2) is 0 Å². The van der Waals surface area contributed by atoms with Gasteiger partial charge in [0.25, 0.3) is 0 Å². The number of hydrogen-bond donors (Lipinski definition) is 1. The number of carbonyl (C=O) groups is 1. The van der Waals surface area contributed by atoms with Gasteiger partial charge in [-0.25, -0.2) is 4.79 Å². The Morgan fingerprint density at radius 3 is 2.80 bits per heavy atom. The summed E-state index contributed by atoms with van der Waals surface area (Å²) in [5.74, 6) is -0.540. The van der Waals surface area contributed by atoms with Crippen molar-refractivity contribution in [1.82, 2.24) is 0 Å². The summed E-state index contributed by atoms with van der Waals surface area (Å²) in [7, 11) is 0. The van der Waals surface area contributed by atoms with Gasteiger partial charge < -0.3 is 9.84 Å². The van der Waals surface area contributed by atoms with Gasteiger partial charge in [0, 0.05) is 5.02 Å². The molecule has 15 heavy (non-hydrogen) atoms. The average Bonchev–Trinajstić information content (AvgIpc) is 2.15. The van der Waals surface area contributed by atoms with Gasteiger partial charge >= 0.3 is 5.97 Å². The lowest BCUT2D eigenvalue weighted by Gasteiger charge is -2.07. The van der Waals surface area contributed by atoms with E-state index in [0.29, 0.717) is 15.2 Å². The fraction of sp³-hybridized carbons (Fsp3) is 0.100. The van der Waals surface area contributed by atoms with Crippen LogP contribution in [0.3, 0.4) is 0 Å². The molecule has 0 spiro atoms. The van der Waals surface area contributed by atoms with Crippen molar-refractivity contribution in [2.75, 3.05) is 6.61 Å². The van der Waals surface area contributed by atoms with Crippen molar-refractivity contribution >= 4 is 33.5 Å². The van der Waals surface area contributed by atoms with Crippen molar-refractivity contribution in [2.45, 2.75) is 0 Å². The SMILES string of the molecule is C=C(COc1ccc(Cl)cc1Br)C(=O)O. The third-order valence-corrected chi connectivity index (χ3v) is 2.45. The molecule has 0 unspecified atom stereocenters. The van der Waals surface area contributed by atoms with E-state index in [4.69, 9.17) is 21.4 Å². The monoisotopic (exact) mass is 290 g/mol. The zero-order chi connectivity index (χ0) is 11.4. The number of halogens is 2. The van der Waals surface area contributed by atoms with Crippen LogP contribution in [0.2, 0.25) is 5.02 Å². The van der Waals surface area contributed by atoms with Gasteiger partial charge in [0.1, 0.15) is 12.4 Å². The number of aliphatic carboxylic acids is 1. The molecule has 1 aromatic carbocycles. The fourth-order valence-electron chi connectivity index (χ4n) is 0.819. The minimum Gasteiger partial charge on any atom is -0.487 e. The average molecular weight is 292 g/mol. The molecule has 0 saturated heterocycles. The predicted molar refractivity (Wildman–Crippen MR) is 61.4 cm³/mol. The van der Waals surface area contributed by atoms with Gasteiger partial charge in [-0.2, -0.15) is 0 Å². The van der Waals surface area contributed by atoms with Gasteiger partial charge in [-0.05, 0) is 34.1 Å². The van der Waals surface area contributed by atoms with Crippen molar-refractivity contribution in [3.05, 3.63) is 39.8 Å². The van der Waals surface area contributed by atoms with Crippen LogP contribution in [0.1, 0.15) is 0 Å². The van der Waals surface area contributed by atoms with E-state index in [1.165, 1.54) is 0 Å². The van der Waals surface area contributed by atoms with Gasteiger partial charge in [0.05, 0.1) is 10.0 Å². The molecule has 0 heterocycles. The topological polar surface area (TPSA) is 46.5 Å². The number of hydrogen-bond acceptors (Lipinski definition) is 2. The number of carboxylic acids is 1. The van der Waals surface area contributed by atoms with Crippen molar-refractivity contribution in [3.8, 4) is 5.75 Å². The second-order valence-corrected chi connectivity index (χ2v) is 4.06. The summed E-state index contributed by atoms with van der Waals surface area (Å²) in [5, 5.41) is 9.14. The molecule has 3 nitrogen and oxygen atoms in total. The molecule has 0 atom stereocenters. The molecule has 1 N–H and O–H groups in total. The standard InChI is InChI=1S/C10H8BrClO3/c1-6(10(13)14)5-15-9-3-2-7(12)4-8(9)11/h2-4H,1,5H2,(H,13,14). The Kier molecular flexibility index (Phi) is 4.17. The Bertz CT molecular complexity index is 404.